The van der Waals surface area contributed by atoms with Gasteiger partial charge in [-0.2, -0.15) is 0 Å². The summed E-state index contributed by atoms with van der Waals surface area (Å²) in [6.07, 6.45) is 4.53. The van der Waals surface area contributed by atoms with E-state index < -0.39 is 6.10 Å². The van der Waals surface area contributed by atoms with Gasteiger partial charge in [0.15, 0.2) is 11.5 Å². The van der Waals surface area contributed by atoms with Gasteiger partial charge in [-0.05, 0) is 37.4 Å². The summed E-state index contributed by atoms with van der Waals surface area (Å²) in [5.74, 6) is 1.28. The van der Waals surface area contributed by atoms with Gasteiger partial charge in [0, 0.05) is 44.8 Å². The summed E-state index contributed by atoms with van der Waals surface area (Å²) in [5.41, 5.74) is 3.22. The zero-order valence-corrected chi connectivity index (χ0v) is 19.0. The fourth-order valence-corrected chi connectivity index (χ4v) is 3.55. The van der Waals surface area contributed by atoms with Gasteiger partial charge in [0.2, 0.25) is 0 Å². The minimum atomic E-state index is -0.614. The summed E-state index contributed by atoms with van der Waals surface area (Å²) in [6, 6.07) is 16.1. The molecule has 2 aromatic carbocycles. The molecule has 1 heterocycles. The first-order valence-corrected chi connectivity index (χ1v) is 10.7. The number of hydrogen-bond acceptors (Lipinski definition) is 7. The highest BCUT2D eigenvalue weighted by molar-refractivity contribution is 5.43. The minimum absolute atomic E-state index is 0.189. The van der Waals surface area contributed by atoms with Crippen LogP contribution in [0.4, 0.5) is 0 Å². The van der Waals surface area contributed by atoms with E-state index >= 15 is 0 Å². The van der Waals surface area contributed by atoms with Crippen LogP contribution in [0.15, 0.2) is 67.1 Å². The van der Waals surface area contributed by atoms with Crippen molar-refractivity contribution in [3.8, 4) is 11.5 Å². The molecular weight excluding hydrogens is 404 g/mol. The third kappa shape index (κ3) is 7.60. The summed E-state index contributed by atoms with van der Waals surface area (Å²) in [6.45, 7) is 2.89. The number of hydrogen-bond donors (Lipinski definition) is 1. The second kappa shape index (κ2) is 12.1. The molecule has 0 amide bonds. The van der Waals surface area contributed by atoms with Gasteiger partial charge in [0.1, 0.15) is 12.7 Å². The Hall–Kier alpha value is -3.00. The number of aromatic nitrogens is 2. The second-order valence-corrected chi connectivity index (χ2v) is 8.00. The number of nitrogens with zero attached hydrogens (tertiary/aromatic N) is 4. The Morgan fingerprint density at radius 2 is 1.69 bits per heavy atom. The molecule has 7 heteroatoms. The Morgan fingerprint density at radius 3 is 2.41 bits per heavy atom. The van der Waals surface area contributed by atoms with Crippen molar-refractivity contribution in [2.24, 2.45) is 0 Å². The maximum absolute atomic E-state index is 10.5. The fourth-order valence-electron chi connectivity index (χ4n) is 3.55. The van der Waals surface area contributed by atoms with Crippen LogP contribution in [-0.4, -0.2) is 65.3 Å². The van der Waals surface area contributed by atoms with Gasteiger partial charge >= 0.3 is 0 Å². The standard InChI is InChI=1S/C25H32N4O3/c1-28(17-22-14-26-11-12-27-22)16-21-9-10-24(31-3)25(13-21)32-19-23(30)18-29(2)15-20-7-5-4-6-8-20/h4-14,23,30H,15-19H2,1-3H3/t23-/m1/s1. The number of aliphatic hydroxyl groups is 1. The summed E-state index contributed by atoms with van der Waals surface area (Å²) >= 11 is 0. The smallest absolute Gasteiger partial charge is 0.161 e. The number of rotatable bonds is 12. The number of likely N-dealkylation sites (N-methyl/N-ethyl adjacent to an activating group) is 1. The molecule has 7 nitrogen and oxygen atoms in total. The Kier molecular flexibility index (Phi) is 8.98. The summed E-state index contributed by atoms with van der Waals surface area (Å²) in [4.78, 5) is 12.7. The van der Waals surface area contributed by atoms with Gasteiger partial charge in [-0.3, -0.25) is 19.8 Å². The maximum Gasteiger partial charge on any atom is 0.161 e. The van der Waals surface area contributed by atoms with Crippen molar-refractivity contribution in [3.63, 3.8) is 0 Å². The van der Waals surface area contributed by atoms with Gasteiger partial charge in [-0.15, -0.1) is 0 Å². The van der Waals surface area contributed by atoms with Crippen LogP contribution in [0.2, 0.25) is 0 Å². The minimum Gasteiger partial charge on any atom is -0.493 e. The van der Waals surface area contributed by atoms with Gasteiger partial charge in [-0.25, -0.2) is 0 Å². The molecule has 1 atom stereocenters. The number of methoxy groups -OCH3 is 1. The maximum atomic E-state index is 10.5. The molecule has 0 unspecified atom stereocenters. The quantitative estimate of drug-likeness (QED) is 0.468. The van der Waals surface area contributed by atoms with E-state index in [-0.39, 0.29) is 6.61 Å². The Morgan fingerprint density at radius 1 is 0.906 bits per heavy atom. The van der Waals surface area contributed by atoms with E-state index in [1.54, 1.807) is 25.7 Å². The van der Waals surface area contributed by atoms with Gasteiger partial charge < -0.3 is 14.6 Å². The molecule has 0 saturated heterocycles. The molecular formula is C25H32N4O3. The van der Waals surface area contributed by atoms with E-state index in [4.69, 9.17) is 9.47 Å². The molecule has 1 N–H and O–H groups in total. The predicted octanol–water partition coefficient (Wildman–Crippen LogP) is 2.99. The number of benzene rings is 2. The van der Waals surface area contributed by atoms with Crippen LogP contribution in [0.3, 0.4) is 0 Å². The zero-order chi connectivity index (χ0) is 22.8. The van der Waals surface area contributed by atoms with Crippen molar-refractivity contribution in [3.05, 3.63) is 83.9 Å². The molecule has 0 fully saturated rings. The van der Waals surface area contributed by atoms with Crippen molar-refractivity contribution in [2.75, 3.05) is 34.4 Å². The van der Waals surface area contributed by atoms with Crippen LogP contribution < -0.4 is 9.47 Å². The van der Waals surface area contributed by atoms with Crippen molar-refractivity contribution in [1.29, 1.82) is 0 Å². The topological polar surface area (TPSA) is 71.0 Å². The number of aliphatic hydroxyl groups excluding tert-OH is 1. The van der Waals surface area contributed by atoms with Gasteiger partial charge in [-0.1, -0.05) is 36.4 Å². The molecule has 3 rings (SSSR count). The van der Waals surface area contributed by atoms with Gasteiger partial charge in [0.25, 0.3) is 0 Å². The van der Waals surface area contributed by atoms with E-state index in [0.29, 0.717) is 24.6 Å². The van der Waals surface area contributed by atoms with E-state index in [9.17, 15) is 5.11 Å². The van der Waals surface area contributed by atoms with Crippen LogP contribution in [0.1, 0.15) is 16.8 Å². The summed E-state index contributed by atoms with van der Waals surface area (Å²) < 4.78 is 11.4. The first-order valence-electron chi connectivity index (χ1n) is 10.7. The zero-order valence-electron chi connectivity index (χ0n) is 19.0. The van der Waals surface area contributed by atoms with Crippen molar-refractivity contribution >= 4 is 0 Å². The molecule has 32 heavy (non-hydrogen) atoms. The van der Waals surface area contributed by atoms with Gasteiger partial charge in [0.05, 0.1) is 12.8 Å². The molecule has 0 aliphatic rings. The number of ether oxygens (including phenoxy) is 2. The monoisotopic (exact) mass is 436 g/mol. The predicted molar refractivity (Wildman–Crippen MR) is 124 cm³/mol. The first-order chi connectivity index (χ1) is 15.5. The fraction of sp³-hybridized carbons (Fsp3) is 0.360. The van der Waals surface area contributed by atoms with Crippen LogP contribution in [-0.2, 0) is 19.6 Å². The van der Waals surface area contributed by atoms with Crippen molar-refractivity contribution in [2.45, 2.75) is 25.7 Å². The molecule has 1 aromatic heterocycles. The molecule has 0 saturated carbocycles. The molecule has 0 bridgehead atoms. The summed E-state index contributed by atoms with van der Waals surface area (Å²) in [5, 5.41) is 10.5. The molecule has 170 valence electrons. The van der Waals surface area contributed by atoms with Crippen LogP contribution in [0.5, 0.6) is 11.5 Å². The van der Waals surface area contributed by atoms with E-state index in [2.05, 4.69) is 31.9 Å². The molecule has 3 aromatic rings. The average Bonchev–Trinajstić information content (AvgIpc) is 2.79. The lowest BCUT2D eigenvalue weighted by Gasteiger charge is -2.22. The van der Waals surface area contributed by atoms with Crippen LogP contribution >= 0.6 is 0 Å². The highest BCUT2D eigenvalue weighted by Gasteiger charge is 2.13. The Bertz CT molecular complexity index is 940. The van der Waals surface area contributed by atoms with Crippen molar-refractivity contribution in [1.82, 2.24) is 19.8 Å². The third-order valence-corrected chi connectivity index (χ3v) is 4.98. The molecule has 0 aliphatic heterocycles. The van der Waals surface area contributed by atoms with Crippen LogP contribution in [0.25, 0.3) is 0 Å². The Balaban J connectivity index is 1.53. The normalized spacial score (nSPS) is 12.2. The third-order valence-electron chi connectivity index (χ3n) is 4.98. The second-order valence-electron chi connectivity index (χ2n) is 8.00. The molecule has 0 radical (unpaired) electrons. The SMILES string of the molecule is COc1ccc(CN(C)Cc2cnccn2)cc1OC[C@H](O)CN(C)Cc1ccccc1. The van der Waals surface area contributed by atoms with Crippen LogP contribution in [0, 0.1) is 0 Å². The highest BCUT2D eigenvalue weighted by atomic mass is 16.5. The van der Waals surface area contributed by atoms with E-state index in [1.165, 1.54) is 5.56 Å². The molecule has 0 aliphatic carbocycles. The summed E-state index contributed by atoms with van der Waals surface area (Å²) in [7, 11) is 5.64. The average molecular weight is 437 g/mol. The van der Waals surface area contributed by atoms with Crippen molar-refractivity contribution < 1.29 is 14.6 Å². The molecule has 0 spiro atoms. The lowest BCUT2D eigenvalue weighted by atomic mass is 10.2. The first kappa shape index (κ1) is 23.7. The highest BCUT2D eigenvalue weighted by Crippen LogP contribution is 2.28. The largest absolute Gasteiger partial charge is 0.493 e. The lowest BCUT2D eigenvalue weighted by molar-refractivity contribution is 0.0732. The van der Waals surface area contributed by atoms with E-state index in [1.807, 2.05) is 50.5 Å². The Labute approximate surface area is 190 Å². The van der Waals surface area contributed by atoms with E-state index in [0.717, 1.165) is 24.3 Å². The lowest BCUT2D eigenvalue weighted by Crippen LogP contribution is -2.32.